The van der Waals surface area contributed by atoms with Crippen molar-refractivity contribution in [3.63, 3.8) is 0 Å². The van der Waals surface area contributed by atoms with Gasteiger partial charge in [0.25, 0.3) is 11.8 Å². The number of hydrogen-bond donors (Lipinski definition) is 1. The number of anilines is 1. The number of rotatable bonds is 3. The maximum Gasteiger partial charge on any atom is 0.255 e. The Labute approximate surface area is 163 Å². The zero-order chi connectivity index (χ0) is 19.5. The molecule has 4 rings (SSSR count). The molecule has 0 spiro atoms. The monoisotopic (exact) mass is 381 g/mol. The lowest BCUT2D eigenvalue weighted by atomic mass is 10.1. The van der Waals surface area contributed by atoms with Crippen LogP contribution in [0.15, 0.2) is 42.5 Å². The highest BCUT2D eigenvalue weighted by atomic mass is 16.6. The molecule has 2 amide bonds. The molecule has 2 aliphatic heterocycles. The number of fused-ring (bicyclic) bond motifs is 1. The molecule has 2 aromatic carbocycles. The van der Waals surface area contributed by atoms with Crippen molar-refractivity contribution >= 4 is 17.5 Å². The van der Waals surface area contributed by atoms with Crippen LogP contribution in [0, 0.1) is 0 Å². The van der Waals surface area contributed by atoms with Crippen molar-refractivity contribution in [2.24, 2.45) is 0 Å². The van der Waals surface area contributed by atoms with E-state index in [1.54, 1.807) is 42.5 Å². The number of ether oxygens (including phenoxy) is 2. The Kier molecular flexibility index (Phi) is 5.16. The van der Waals surface area contributed by atoms with Gasteiger partial charge in [-0.2, -0.15) is 0 Å². The van der Waals surface area contributed by atoms with Crippen LogP contribution in [0.2, 0.25) is 0 Å². The van der Waals surface area contributed by atoms with Crippen LogP contribution in [0.3, 0.4) is 0 Å². The smallest absolute Gasteiger partial charge is 0.255 e. The summed E-state index contributed by atoms with van der Waals surface area (Å²) in [6, 6.07) is 12.1. The zero-order valence-electron chi connectivity index (χ0n) is 15.8. The summed E-state index contributed by atoms with van der Waals surface area (Å²) >= 11 is 0. The first kappa shape index (κ1) is 18.3. The predicted octanol–water partition coefficient (Wildman–Crippen LogP) is 2.10. The van der Waals surface area contributed by atoms with Crippen LogP contribution < -0.4 is 14.8 Å². The first-order valence-electron chi connectivity index (χ1n) is 9.39. The van der Waals surface area contributed by atoms with Gasteiger partial charge in [-0.25, -0.2) is 0 Å². The second-order valence-corrected chi connectivity index (χ2v) is 6.99. The molecule has 0 atom stereocenters. The van der Waals surface area contributed by atoms with Crippen molar-refractivity contribution in [3.05, 3.63) is 53.6 Å². The third-order valence-corrected chi connectivity index (χ3v) is 4.96. The summed E-state index contributed by atoms with van der Waals surface area (Å²) in [7, 11) is 2.05. The molecule has 1 fully saturated rings. The Hall–Kier alpha value is -3.06. The first-order valence-corrected chi connectivity index (χ1v) is 9.39. The molecule has 28 heavy (non-hydrogen) atoms. The minimum atomic E-state index is -0.273. The van der Waals surface area contributed by atoms with Crippen LogP contribution in [-0.4, -0.2) is 68.1 Å². The largest absolute Gasteiger partial charge is 0.486 e. The molecule has 1 N–H and O–H groups in total. The molecule has 2 heterocycles. The van der Waals surface area contributed by atoms with E-state index < -0.39 is 0 Å². The van der Waals surface area contributed by atoms with Crippen LogP contribution in [-0.2, 0) is 0 Å². The lowest BCUT2D eigenvalue weighted by Gasteiger charge is -2.32. The summed E-state index contributed by atoms with van der Waals surface area (Å²) in [5, 5.41) is 2.85. The Morgan fingerprint density at radius 2 is 1.61 bits per heavy atom. The van der Waals surface area contributed by atoms with Gasteiger partial charge in [-0.05, 0) is 37.4 Å². The number of amides is 2. The van der Waals surface area contributed by atoms with E-state index in [-0.39, 0.29) is 11.8 Å². The molecule has 0 bridgehead atoms. The summed E-state index contributed by atoms with van der Waals surface area (Å²) in [6.07, 6.45) is 0. The van der Waals surface area contributed by atoms with Crippen molar-refractivity contribution < 1.29 is 19.1 Å². The van der Waals surface area contributed by atoms with Crippen molar-refractivity contribution in [1.82, 2.24) is 9.80 Å². The molecular formula is C21H23N3O4. The fourth-order valence-electron chi connectivity index (χ4n) is 3.31. The second-order valence-electron chi connectivity index (χ2n) is 6.99. The van der Waals surface area contributed by atoms with Crippen LogP contribution in [0.1, 0.15) is 20.7 Å². The number of likely N-dealkylation sites (N-methyl/N-ethyl adjacent to an activating group) is 1. The number of piperazine rings is 1. The maximum absolute atomic E-state index is 12.7. The third-order valence-electron chi connectivity index (χ3n) is 4.96. The van der Waals surface area contributed by atoms with Crippen LogP contribution in [0.25, 0.3) is 0 Å². The number of carbonyl (C=O) groups excluding carboxylic acids is 2. The van der Waals surface area contributed by atoms with Gasteiger partial charge in [0.05, 0.1) is 0 Å². The van der Waals surface area contributed by atoms with E-state index in [0.29, 0.717) is 54.6 Å². The third kappa shape index (κ3) is 3.94. The average molecular weight is 381 g/mol. The number of nitrogens with zero attached hydrogens (tertiary/aromatic N) is 2. The van der Waals surface area contributed by atoms with Gasteiger partial charge >= 0.3 is 0 Å². The number of carbonyl (C=O) groups is 2. The first-order chi connectivity index (χ1) is 13.6. The molecule has 0 radical (unpaired) electrons. The van der Waals surface area contributed by atoms with Crippen molar-refractivity contribution in [1.29, 1.82) is 0 Å². The van der Waals surface area contributed by atoms with E-state index in [0.717, 1.165) is 13.1 Å². The molecule has 0 saturated carbocycles. The Bertz CT molecular complexity index is 891. The van der Waals surface area contributed by atoms with E-state index in [1.807, 2.05) is 11.9 Å². The summed E-state index contributed by atoms with van der Waals surface area (Å²) in [5.41, 5.74) is 1.58. The fraction of sp³-hybridized carbons (Fsp3) is 0.333. The van der Waals surface area contributed by atoms with E-state index >= 15 is 0 Å². The summed E-state index contributed by atoms with van der Waals surface area (Å²) in [4.78, 5) is 29.4. The molecule has 2 aliphatic rings. The van der Waals surface area contributed by atoms with E-state index in [1.165, 1.54) is 0 Å². The van der Waals surface area contributed by atoms with Crippen molar-refractivity contribution in [3.8, 4) is 11.5 Å². The van der Waals surface area contributed by atoms with Gasteiger partial charge in [0.2, 0.25) is 0 Å². The van der Waals surface area contributed by atoms with E-state index in [9.17, 15) is 9.59 Å². The summed E-state index contributed by atoms with van der Waals surface area (Å²) in [6.45, 7) is 4.12. The number of hydrogen-bond acceptors (Lipinski definition) is 5. The standard InChI is InChI=1S/C21H23N3O4/c1-23-7-9-24(10-8-23)21(26)16-4-2-3-15(13-16)20(25)22-17-5-6-18-19(14-17)28-12-11-27-18/h2-6,13-14H,7-12H2,1H3,(H,22,25). The molecule has 0 aliphatic carbocycles. The van der Waals surface area contributed by atoms with Crippen LogP contribution >= 0.6 is 0 Å². The quantitative estimate of drug-likeness (QED) is 0.882. The molecule has 0 aromatic heterocycles. The van der Waals surface area contributed by atoms with Gasteiger partial charge in [0.1, 0.15) is 13.2 Å². The summed E-state index contributed by atoms with van der Waals surface area (Å²) < 4.78 is 11.0. The van der Waals surface area contributed by atoms with Gasteiger partial charge in [-0.3, -0.25) is 9.59 Å². The lowest BCUT2D eigenvalue weighted by molar-refractivity contribution is 0.0664. The van der Waals surface area contributed by atoms with Crippen LogP contribution in [0.5, 0.6) is 11.5 Å². The van der Waals surface area contributed by atoms with Gasteiger partial charge in [0, 0.05) is 49.1 Å². The fourth-order valence-corrected chi connectivity index (χ4v) is 3.31. The van der Waals surface area contributed by atoms with E-state index in [2.05, 4.69) is 10.2 Å². The molecule has 146 valence electrons. The second kappa shape index (κ2) is 7.90. The average Bonchev–Trinajstić information content (AvgIpc) is 2.74. The molecular weight excluding hydrogens is 358 g/mol. The Balaban J connectivity index is 1.46. The number of benzene rings is 2. The van der Waals surface area contributed by atoms with Gasteiger partial charge in [-0.15, -0.1) is 0 Å². The zero-order valence-corrected chi connectivity index (χ0v) is 15.8. The Morgan fingerprint density at radius 3 is 2.39 bits per heavy atom. The van der Waals surface area contributed by atoms with Crippen LogP contribution in [0.4, 0.5) is 5.69 Å². The normalized spacial score (nSPS) is 16.5. The van der Waals surface area contributed by atoms with Crippen molar-refractivity contribution in [2.75, 3.05) is 51.8 Å². The predicted molar refractivity (Wildman–Crippen MR) is 105 cm³/mol. The molecule has 0 unspecified atom stereocenters. The topological polar surface area (TPSA) is 71.1 Å². The summed E-state index contributed by atoms with van der Waals surface area (Å²) in [5.74, 6) is 0.971. The lowest BCUT2D eigenvalue weighted by Crippen LogP contribution is -2.47. The van der Waals surface area contributed by atoms with Crippen molar-refractivity contribution in [2.45, 2.75) is 0 Å². The highest BCUT2D eigenvalue weighted by Crippen LogP contribution is 2.32. The van der Waals surface area contributed by atoms with Gasteiger partial charge in [0.15, 0.2) is 11.5 Å². The maximum atomic E-state index is 12.7. The molecule has 7 heteroatoms. The minimum Gasteiger partial charge on any atom is -0.486 e. The molecule has 2 aromatic rings. The van der Waals surface area contributed by atoms with Gasteiger partial charge in [-0.1, -0.05) is 6.07 Å². The Morgan fingerprint density at radius 1 is 0.893 bits per heavy atom. The highest BCUT2D eigenvalue weighted by Gasteiger charge is 2.21. The molecule has 7 nitrogen and oxygen atoms in total. The minimum absolute atomic E-state index is 0.0397. The van der Waals surface area contributed by atoms with E-state index in [4.69, 9.17) is 9.47 Å². The SMILES string of the molecule is CN1CCN(C(=O)c2cccc(C(=O)Nc3ccc4c(c3)OCCO4)c2)CC1. The van der Waals surface area contributed by atoms with Gasteiger partial charge < -0.3 is 24.6 Å². The molecule has 1 saturated heterocycles. The number of nitrogens with one attached hydrogen (secondary N) is 1. The highest BCUT2D eigenvalue weighted by molar-refractivity contribution is 6.06.